The van der Waals surface area contributed by atoms with Gasteiger partial charge in [-0.25, -0.2) is 9.78 Å². The van der Waals surface area contributed by atoms with Gasteiger partial charge in [-0.05, 0) is 31.7 Å². The van der Waals surface area contributed by atoms with E-state index >= 15 is 0 Å². The van der Waals surface area contributed by atoms with Gasteiger partial charge in [-0.15, -0.1) is 0 Å². The van der Waals surface area contributed by atoms with E-state index in [-0.39, 0.29) is 24.8 Å². The number of urea groups is 1. The first-order chi connectivity index (χ1) is 13.3. The van der Waals surface area contributed by atoms with Crippen molar-refractivity contribution in [3.05, 3.63) is 36.4 Å². The molecule has 7 nitrogen and oxygen atoms in total. The molecule has 1 aliphatic rings. The minimum absolute atomic E-state index is 0.185. The van der Waals surface area contributed by atoms with Crippen molar-refractivity contribution in [1.29, 1.82) is 0 Å². The summed E-state index contributed by atoms with van der Waals surface area (Å²) < 4.78 is 1.01. The molecule has 0 bridgehead atoms. The molecule has 8 heteroatoms. The van der Waals surface area contributed by atoms with Crippen LogP contribution in [0.3, 0.4) is 0 Å². The molecule has 1 fully saturated rings. The number of amides is 4. The lowest BCUT2D eigenvalue weighted by Crippen LogP contribution is -2.40. The summed E-state index contributed by atoms with van der Waals surface area (Å²) in [4.78, 5) is 42.0. The van der Waals surface area contributed by atoms with Crippen LogP contribution in [0.2, 0.25) is 0 Å². The lowest BCUT2D eigenvalue weighted by Gasteiger charge is -2.15. The number of carbonyl (C=O) groups is 3. The fourth-order valence-electron chi connectivity index (χ4n) is 3.32. The Bertz CT molecular complexity index is 1110. The van der Waals surface area contributed by atoms with Crippen LogP contribution in [-0.2, 0) is 9.59 Å². The maximum atomic E-state index is 12.3. The maximum Gasteiger partial charge on any atom is 0.325 e. The molecule has 1 aromatic heterocycles. The third kappa shape index (κ3) is 3.31. The lowest BCUT2D eigenvalue weighted by molar-refractivity contribution is -0.130. The molecule has 0 unspecified atom stereocenters. The van der Waals surface area contributed by atoms with Crippen LogP contribution in [-0.4, -0.2) is 39.8 Å². The van der Waals surface area contributed by atoms with Gasteiger partial charge in [0.05, 0.1) is 10.2 Å². The molecule has 28 heavy (non-hydrogen) atoms. The Balaban J connectivity index is 1.38. The molecule has 0 atom stereocenters. The highest BCUT2D eigenvalue weighted by atomic mass is 32.1. The highest BCUT2D eigenvalue weighted by Crippen LogP contribution is 2.31. The van der Waals surface area contributed by atoms with E-state index in [1.165, 1.54) is 11.3 Å². The number of carbonyl (C=O) groups excluding carboxylic acids is 3. The van der Waals surface area contributed by atoms with Crippen molar-refractivity contribution in [2.45, 2.75) is 32.2 Å². The second kappa shape index (κ2) is 6.87. The van der Waals surface area contributed by atoms with Gasteiger partial charge in [-0.3, -0.25) is 14.5 Å². The number of nitrogens with one attached hydrogen (secondary N) is 2. The third-order valence-corrected chi connectivity index (χ3v) is 5.70. The number of thiazole rings is 1. The molecule has 4 rings (SSSR count). The molecule has 0 saturated carbocycles. The van der Waals surface area contributed by atoms with Crippen LogP contribution in [0.4, 0.5) is 9.93 Å². The van der Waals surface area contributed by atoms with E-state index in [0.717, 1.165) is 25.9 Å². The average molecular weight is 396 g/mol. The monoisotopic (exact) mass is 396 g/mol. The highest BCUT2D eigenvalue weighted by Gasteiger charge is 2.43. The third-order valence-electron chi connectivity index (χ3n) is 4.76. The van der Waals surface area contributed by atoms with Crippen LogP contribution in [0.25, 0.3) is 21.0 Å². The number of aromatic nitrogens is 1. The van der Waals surface area contributed by atoms with Crippen LogP contribution in [0.15, 0.2) is 36.4 Å². The van der Waals surface area contributed by atoms with Gasteiger partial charge in [0.1, 0.15) is 5.54 Å². The van der Waals surface area contributed by atoms with Crippen molar-refractivity contribution in [1.82, 2.24) is 15.2 Å². The molecule has 1 saturated heterocycles. The smallest absolute Gasteiger partial charge is 0.324 e. The van der Waals surface area contributed by atoms with Gasteiger partial charge in [0.15, 0.2) is 5.13 Å². The van der Waals surface area contributed by atoms with E-state index in [4.69, 9.17) is 0 Å². The molecule has 4 amide bonds. The van der Waals surface area contributed by atoms with Crippen molar-refractivity contribution < 1.29 is 14.4 Å². The number of benzene rings is 2. The van der Waals surface area contributed by atoms with Crippen LogP contribution in [0.5, 0.6) is 0 Å². The van der Waals surface area contributed by atoms with Crippen molar-refractivity contribution in [2.75, 3.05) is 11.9 Å². The standard InChI is InChI=1S/C20H20N4O3S/c1-20(2)17(26)24(19(27)23-20)11-5-8-15(25)21-18-22-16-13-7-4-3-6-12(13)9-10-14(16)28-18/h3-4,6-7,9-10H,5,8,11H2,1-2H3,(H,23,27)(H,21,22,25). The van der Waals surface area contributed by atoms with E-state index in [2.05, 4.69) is 15.6 Å². The summed E-state index contributed by atoms with van der Waals surface area (Å²) in [5.74, 6) is -0.453. The highest BCUT2D eigenvalue weighted by molar-refractivity contribution is 7.22. The number of hydrogen-bond acceptors (Lipinski definition) is 5. The largest absolute Gasteiger partial charge is 0.325 e. The molecule has 0 radical (unpaired) electrons. The Morgan fingerprint density at radius 3 is 2.75 bits per heavy atom. The zero-order valence-corrected chi connectivity index (χ0v) is 16.4. The van der Waals surface area contributed by atoms with Crippen LogP contribution in [0, 0.1) is 0 Å². The fourth-order valence-corrected chi connectivity index (χ4v) is 4.21. The van der Waals surface area contributed by atoms with Crippen molar-refractivity contribution in [3.8, 4) is 0 Å². The summed E-state index contributed by atoms with van der Waals surface area (Å²) in [5, 5.41) is 8.16. The molecular weight excluding hydrogens is 376 g/mol. The van der Waals surface area contributed by atoms with Gasteiger partial charge in [-0.1, -0.05) is 41.7 Å². The van der Waals surface area contributed by atoms with Gasteiger partial charge in [-0.2, -0.15) is 0 Å². The SMILES string of the molecule is CC1(C)NC(=O)N(CCCC(=O)Nc2nc3c(ccc4ccccc43)s2)C1=O. The Morgan fingerprint density at radius 1 is 1.21 bits per heavy atom. The number of rotatable bonds is 5. The molecule has 2 aromatic carbocycles. The Kier molecular flexibility index (Phi) is 4.50. The van der Waals surface area contributed by atoms with E-state index in [1.807, 2.05) is 36.4 Å². The van der Waals surface area contributed by atoms with Gasteiger partial charge in [0.2, 0.25) is 5.91 Å². The van der Waals surface area contributed by atoms with Crippen molar-refractivity contribution >= 4 is 55.3 Å². The topological polar surface area (TPSA) is 91.4 Å². The summed E-state index contributed by atoms with van der Waals surface area (Å²) in [7, 11) is 0. The molecule has 144 valence electrons. The average Bonchev–Trinajstić information content (AvgIpc) is 3.14. The summed E-state index contributed by atoms with van der Waals surface area (Å²) in [5.41, 5.74) is -0.0108. The van der Waals surface area contributed by atoms with Crippen molar-refractivity contribution in [2.24, 2.45) is 0 Å². The van der Waals surface area contributed by atoms with Crippen molar-refractivity contribution in [3.63, 3.8) is 0 Å². The van der Waals surface area contributed by atoms with Gasteiger partial charge in [0.25, 0.3) is 5.91 Å². The Morgan fingerprint density at radius 2 is 2.00 bits per heavy atom. The minimum Gasteiger partial charge on any atom is -0.324 e. The van der Waals surface area contributed by atoms with E-state index in [9.17, 15) is 14.4 Å². The summed E-state index contributed by atoms with van der Waals surface area (Å²) >= 11 is 1.43. The number of imide groups is 1. The number of nitrogens with zero attached hydrogens (tertiary/aromatic N) is 2. The number of anilines is 1. The number of fused-ring (bicyclic) bond motifs is 3. The second-order valence-electron chi connectivity index (χ2n) is 7.32. The van der Waals surface area contributed by atoms with Gasteiger partial charge < -0.3 is 10.6 Å². The number of hydrogen-bond donors (Lipinski definition) is 2. The molecular formula is C20H20N4O3S. The normalized spacial score (nSPS) is 16.0. The predicted octanol–water partition coefficient (Wildman–Crippen LogP) is 3.50. The Hall–Kier alpha value is -3.00. The first-order valence-electron chi connectivity index (χ1n) is 9.07. The fraction of sp³-hybridized carbons (Fsp3) is 0.300. The molecule has 1 aliphatic heterocycles. The molecule has 2 heterocycles. The predicted molar refractivity (Wildman–Crippen MR) is 109 cm³/mol. The minimum atomic E-state index is -0.886. The first kappa shape index (κ1) is 18.4. The Labute approximate surface area is 165 Å². The van der Waals surface area contributed by atoms with E-state index in [1.54, 1.807) is 13.8 Å². The molecule has 0 spiro atoms. The van der Waals surface area contributed by atoms with Crippen LogP contribution >= 0.6 is 11.3 Å². The van der Waals surface area contributed by atoms with Gasteiger partial charge in [0, 0.05) is 18.4 Å². The summed E-state index contributed by atoms with van der Waals surface area (Å²) in [6.45, 7) is 3.54. The zero-order chi connectivity index (χ0) is 19.9. The lowest BCUT2D eigenvalue weighted by atomic mass is 10.1. The maximum absolute atomic E-state index is 12.3. The molecule has 2 N–H and O–H groups in total. The summed E-state index contributed by atoms with van der Waals surface area (Å²) in [6, 6.07) is 11.6. The quantitative estimate of drug-likeness (QED) is 0.646. The first-order valence-corrected chi connectivity index (χ1v) is 9.89. The van der Waals surface area contributed by atoms with Gasteiger partial charge >= 0.3 is 6.03 Å². The second-order valence-corrected chi connectivity index (χ2v) is 8.35. The van der Waals surface area contributed by atoms with Crippen LogP contribution < -0.4 is 10.6 Å². The molecule has 0 aliphatic carbocycles. The van der Waals surface area contributed by atoms with Crippen LogP contribution in [0.1, 0.15) is 26.7 Å². The van der Waals surface area contributed by atoms with E-state index in [0.29, 0.717) is 11.6 Å². The van der Waals surface area contributed by atoms with E-state index < -0.39 is 11.6 Å². The molecule has 3 aromatic rings. The summed E-state index contributed by atoms with van der Waals surface area (Å²) in [6.07, 6.45) is 0.600. The zero-order valence-electron chi connectivity index (χ0n) is 15.6.